The Morgan fingerprint density at radius 3 is 2.25 bits per heavy atom. The van der Waals surface area contributed by atoms with Crippen molar-refractivity contribution >= 4 is 11.8 Å². The van der Waals surface area contributed by atoms with E-state index in [1.807, 2.05) is 13.8 Å². The van der Waals surface area contributed by atoms with Crippen LogP contribution in [0.2, 0.25) is 0 Å². The molecule has 12 heavy (non-hydrogen) atoms. The van der Waals surface area contributed by atoms with E-state index in [4.69, 9.17) is 0 Å². The minimum atomic E-state index is 0.0660. The molecule has 2 fully saturated rings. The maximum absolute atomic E-state index is 11.4. The van der Waals surface area contributed by atoms with Gasteiger partial charge in [-0.1, -0.05) is 13.8 Å². The Morgan fingerprint density at radius 1 is 1.33 bits per heavy atom. The largest absolute Gasteiger partial charge is 0.282 e. The third kappa shape index (κ3) is 0.958. The van der Waals surface area contributed by atoms with Crippen molar-refractivity contribution in [1.82, 2.24) is 4.90 Å². The fourth-order valence-corrected chi connectivity index (χ4v) is 1.79. The summed E-state index contributed by atoms with van der Waals surface area (Å²) in [6.45, 7) is 4.64. The average Bonchev–Trinajstić information content (AvgIpc) is 2.71. The van der Waals surface area contributed by atoms with Crippen molar-refractivity contribution < 1.29 is 9.59 Å². The number of carbonyl (C=O) groups excluding carboxylic acids is 2. The van der Waals surface area contributed by atoms with Crippen molar-refractivity contribution in [1.29, 1.82) is 0 Å². The topological polar surface area (TPSA) is 37.4 Å². The molecule has 1 saturated carbocycles. The molecular formula is C9H13NO2. The van der Waals surface area contributed by atoms with Crippen molar-refractivity contribution in [2.24, 2.45) is 17.8 Å². The summed E-state index contributed by atoms with van der Waals surface area (Å²) in [5.74, 6) is 0.653. The monoisotopic (exact) mass is 167 g/mol. The van der Waals surface area contributed by atoms with Crippen LogP contribution in [0.15, 0.2) is 0 Å². The van der Waals surface area contributed by atoms with E-state index in [-0.39, 0.29) is 23.7 Å². The Hall–Kier alpha value is -0.860. The van der Waals surface area contributed by atoms with Crippen LogP contribution in [0.3, 0.4) is 0 Å². The van der Waals surface area contributed by atoms with Crippen molar-refractivity contribution in [3.8, 4) is 0 Å². The van der Waals surface area contributed by atoms with Gasteiger partial charge in [0.2, 0.25) is 11.8 Å². The third-order valence-electron chi connectivity index (χ3n) is 2.50. The first-order valence-electron chi connectivity index (χ1n) is 4.46. The number of nitrogens with zero attached hydrogens (tertiary/aromatic N) is 1. The SMILES string of the molecule is CC(C)CN1C(=O)C2CC2C1=O. The first-order valence-corrected chi connectivity index (χ1v) is 4.46. The van der Waals surface area contributed by atoms with Gasteiger partial charge in [-0.05, 0) is 12.3 Å². The zero-order valence-electron chi connectivity index (χ0n) is 7.41. The molecule has 0 aromatic carbocycles. The molecule has 0 aromatic rings. The molecule has 1 saturated heterocycles. The summed E-state index contributed by atoms with van der Waals surface area (Å²) in [5.41, 5.74) is 0. The van der Waals surface area contributed by atoms with Crippen LogP contribution in [0, 0.1) is 17.8 Å². The summed E-state index contributed by atoms with van der Waals surface area (Å²) >= 11 is 0. The van der Waals surface area contributed by atoms with E-state index in [1.54, 1.807) is 0 Å². The molecular weight excluding hydrogens is 154 g/mol. The van der Waals surface area contributed by atoms with E-state index in [2.05, 4.69) is 0 Å². The molecule has 66 valence electrons. The molecule has 1 aliphatic heterocycles. The fraction of sp³-hybridized carbons (Fsp3) is 0.778. The van der Waals surface area contributed by atoms with Gasteiger partial charge in [-0.2, -0.15) is 0 Å². The van der Waals surface area contributed by atoms with Crippen LogP contribution < -0.4 is 0 Å². The highest BCUT2D eigenvalue weighted by molar-refractivity contribution is 6.08. The summed E-state index contributed by atoms with van der Waals surface area (Å²) in [6, 6.07) is 0. The minimum Gasteiger partial charge on any atom is -0.282 e. The standard InChI is InChI=1S/C9H13NO2/c1-5(2)4-10-8(11)6-3-7(6)9(10)12/h5-7H,3-4H2,1-2H3. The molecule has 3 heteroatoms. The molecule has 2 atom stereocenters. The Kier molecular flexibility index (Phi) is 1.50. The van der Waals surface area contributed by atoms with Gasteiger partial charge in [-0.25, -0.2) is 0 Å². The maximum atomic E-state index is 11.4. The summed E-state index contributed by atoms with van der Waals surface area (Å²) in [7, 11) is 0. The Morgan fingerprint density at radius 2 is 1.83 bits per heavy atom. The van der Waals surface area contributed by atoms with Crippen LogP contribution in [-0.4, -0.2) is 23.3 Å². The molecule has 1 aliphatic carbocycles. The van der Waals surface area contributed by atoms with Gasteiger partial charge < -0.3 is 0 Å². The summed E-state index contributed by atoms with van der Waals surface area (Å²) in [4.78, 5) is 24.2. The van der Waals surface area contributed by atoms with Gasteiger partial charge >= 0.3 is 0 Å². The second-order valence-corrected chi connectivity index (χ2v) is 4.13. The van der Waals surface area contributed by atoms with Gasteiger partial charge in [-0.3, -0.25) is 14.5 Å². The normalized spacial score (nSPS) is 33.1. The van der Waals surface area contributed by atoms with E-state index in [0.717, 1.165) is 6.42 Å². The Balaban J connectivity index is 2.07. The lowest BCUT2D eigenvalue weighted by Gasteiger charge is -2.18. The smallest absolute Gasteiger partial charge is 0.233 e. The molecule has 0 spiro atoms. The quantitative estimate of drug-likeness (QED) is 0.566. The lowest BCUT2D eigenvalue weighted by molar-refractivity contribution is -0.141. The third-order valence-corrected chi connectivity index (χ3v) is 2.50. The van der Waals surface area contributed by atoms with Gasteiger partial charge in [0, 0.05) is 6.54 Å². The number of likely N-dealkylation sites (tertiary alicyclic amines) is 1. The van der Waals surface area contributed by atoms with Gasteiger partial charge in [0.05, 0.1) is 11.8 Å². The lowest BCUT2D eigenvalue weighted by atomic mass is 10.2. The molecule has 2 rings (SSSR count). The maximum Gasteiger partial charge on any atom is 0.233 e. The van der Waals surface area contributed by atoms with E-state index in [1.165, 1.54) is 4.90 Å². The molecule has 2 aliphatic rings. The summed E-state index contributed by atoms with van der Waals surface area (Å²) in [6.07, 6.45) is 0.812. The van der Waals surface area contributed by atoms with Crippen molar-refractivity contribution in [3.05, 3.63) is 0 Å². The Labute approximate surface area is 71.7 Å². The van der Waals surface area contributed by atoms with Crippen LogP contribution >= 0.6 is 0 Å². The Bertz CT molecular complexity index is 227. The van der Waals surface area contributed by atoms with Crippen LogP contribution in [0.25, 0.3) is 0 Å². The number of fused-ring (bicyclic) bond motifs is 1. The minimum absolute atomic E-state index is 0.0660. The van der Waals surface area contributed by atoms with Crippen molar-refractivity contribution in [3.63, 3.8) is 0 Å². The van der Waals surface area contributed by atoms with Crippen LogP contribution in [0.5, 0.6) is 0 Å². The number of carbonyl (C=O) groups is 2. The summed E-state index contributed by atoms with van der Waals surface area (Å²) in [5, 5.41) is 0. The second-order valence-electron chi connectivity index (χ2n) is 4.13. The zero-order valence-corrected chi connectivity index (χ0v) is 7.41. The number of rotatable bonds is 2. The van der Waals surface area contributed by atoms with Crippen molar-refractivity contribution in [2.45, 2.75) is 20.3 Å². The average molecular weight is 167 g/mol. The first-order chi connectivity index (χ1) is 5.61. The number of imide groups is 1. The number of amides is 2. The predicted molar refractivity (Wildman–Crippen MR) is 43.2 cm³/mol. The molecule has 0 radical (unpaired) electrons. The molecule has 0 bridgehead atoms. The van der Waals surface area contributed by atoms with Crippen LogP contribution in [0.4, 0.5) is 0 Å². The molecule has 3 nitrogen and oxygen atoms in total. The van der Waals surface area contributed by atoms with Gasteiger partial charge in [0.25, 0.3) is 0 Å². The van der Waals surface area contributed by atoms with Crippen LogP contribution in [0.1, 0.15) is 20.3 Å². The lowest BCUT2D eigenvalue weighted by Crippen LogP contribution is -2.35. The van der Waals surface area contributed by atoms with E-state index in [0.29, 0.717) is 12.5 Å². The molecule has 2 unspecified atom stereocenters. The highest BCUT2D eigenvalue weighted by atomic mass is 16.2. The number of hydrogen-bond acceptors (Lipinski definition) is 2. The molecule has 0 aromatic heterocycles. The van der Waals surface area contributed by atoms with Crippen LogP contribution in [-0.2, 0) is 9.59 Å². The van der Waals surface area contributed by atoms with Gasteiger partial charge in [-0.15, -0.1) is 0 Å². The van der Waals surface area contributed by atoms with Crippen molar-refractivity contribution in [2.75, 3.05) is 6.54 Å². The molecule has 2 amide bonds. The summed E-state index contributed by atoms with van der Waals surface area (Å²) < 4.78 is 0. The highest BCUT2D eigenvalue weighted by Gasteiger charge is 2.58. The first kappa shape index (κ1) is 7.77. The number of hydrogen-bond donors (Lipinski definition) is 0. The van der Waals surface area contributed by atoms with E-state index >= 15 is 0 Å². The van der Waals surface area contributed by atoms with Gasteiger partial charge in [0.1, 0.15) is 0 Å². The van der Waals surface area contributed by atoms with E-state index in [9.17, 15) is 9.59 Å². The zero-order chi connectivity index (χ0) is 8.88. The number of piperidine rings is 1. The predicted octanol–water partition coefficient (Wildman–Crippen LogP) is 0.647. The van der Waals surface area contributed by atoms with E-state index < -0.39 is 0 Å². The van der Waals surface area contributed by atoms with Gasteiger partial charge in [0.15, 0.2) is 0 Å². The second kappa shape index (κ2) is 2.31. The highest BCUT2D eigenvalue weighted by Crippen LogP contribution is 2.46. The fourth-order valence-electron chi connectivity index (χ4n) is 1.79. The molecule has 0 N–H and O–H groups in total. The molecule has 1 heterocycles.